The van der Waals surface area contributed by atoms with Crippen LogP contribution in [0.25, 0.3) is 0 Å². The van der Waals surface area contributed by atoms with Gasteiger partial charge in [-0.25, -0.2) is 4.39 Å². The van der Waals surface area contributed by atoms with E-state index in [1.165, 1.54) is 6.07 Å². The zero-order chi connectivity index (χ0) is 14.4. The number of hydrogen-bond acceptors (Lipinski definition) is 2. The fraction of sp³-hybridized carbons (Fsp3) is 0.625. The van der Waals surface area contributed by atoms with Crippen LogP contribution in [0.15, 0.2) is 24.3 Å². The van der Waals surface area contributed by atoms with Crippen molar-refractivity contribution < 1.29 is 4.39 Å². The van der Waals surface area contributed by atoms with Crippen molar-refractivity contribution in [3.05, 3.63) is 35.6 Å². The summed E-state index contributed by atoms with van der Waals surface area (Å²) in [6.07, 6.45) is 0. The summed E-state index contributed by atoms with van der Waals surface area (Å²) in [5.41, 5.74) is 0.765. The van der Waals surface area contributed by atoms with E-state index < -0.39 is 0 Å². The fourth-order valence-electron chi connectivity index (χ4n) is 2.07. The molecular weight excluding hydrogens is 239 g/mol. The van der Waals surface area contributed by atoms with E-state index in [2.05, 4.69) is 45.0 Å². The highest BCUT2D eigenvalue weighted by Crippen LogP contribution is 2.14. The second-order valence-corrected chi connectivity index (χ2v) is 5.79. The Morgan fingerprint density at radius 1 is 1.16 bits per heavy atom. The average Bonchev–Trinajstić information content (AvgIpc) is 2.37. The third-order valence-corrected chi connectivity index (χ3v) is 3.74. The van der Waals surface area contributed by atoms with Crippen LogP contribution in [0.5, 0.6) is 0 Å². The van der Waals surface area contributed by atoms with Crippen molar-refractivity contribution in [1.82, 2.24) is 10.2 Å². The zero-order valence-electron chi connectivity index (χ0n) is 12.8. The predicted octanol–water partition coefficient (Wildman–Crippen LogP) is 3.28. The van der Waals surface area contributed by atoms with Crippen LogP contribution in [0.1, 0.15) is 33.3 Å². The van der Waals surface area contributed by atoms with Gasteiger partial charge in [0, 0.05) is 24.2 Å². The van der Waals surface area contributed by atoms with Crippen molar-refractivity contribution in [2.45, 2.75) is 46.3 Å². The van der Waals surface area contributed by atoms with E-state index >= 15 is 0 Å². The Labute approximate surface area is 117 Å². The molecule has 0 aliphatic heterocycles. The maximum Gasteiger partial charge on any atom is 0.127 e. The summed E-state index contributed by atoms with van der Waals surface area (Å²) in [6, 6.07) is 7.92. The van der Waals surface area contributed by atoms with Gasteiger partial charge in [-0.1, -0.05) is 39.0 Å². The van der Waals surface area contributed by atoms with Crippen molar-refractivity contribution in [1.29, 1.82) is 0 Å². The third kappa shape index (κ3) is 5.29. The molecule has 2 atom stereocenters. The Balaban J connectivity index is 2.52. The van der Waals surface area contributed by atoms with E-state index in [0.717, 1.165) is 12.1 Å². The van der Waals surface area contributed by atoms with E-state index in [1.807, 2.05) is 12.1 Å². The molecule has 0 amide bonds. The van der Waals surface area contributed by atoms with Gasteiger partial charge in [0.2, 0.25) is 0 Å². The summed E-state index contributed by atoms with van der Waals surface area (Å²) in [5, 5.41) is 3.46. The molecule has 0 radical (unpaired) electrons. The first-order valence-electron chi connectivity index (χ1n) is 7.08. The molecule has 1 aromatic carbocycles. The monoisotopic (exact) mass is 266 g/mol. The quantitative estimate of drug-likeness (QED) is 0.815. The topological polar surface area (TPSA) is 15.3 Å². The number of benzene rings is 1. The summed E-state index contributed by atoms with van der Waals surface area (Å²) < 4.78 is 13.6. The predicted molar refractivity (Wildman–Crippen MR) is 79.6 cm³/mol. The lowest BCUT2D eigenvalue weighted by molar-refractivity contribution is 0.185. The maximum atomic E-state index is 13.6. The van der Waals surface area contributed by atoms with Crippen molar-refractivity contribution in [3.63, 3.8) is 0 Å². The first-order chi connectivity index (χ1) is 8.91. The molecule has 0 saturated heterocycles. The van der Waals surface area contributed by atoms with Gasteiger partial charge < -0.3 is 5.32 Å². The second-order valence-electron chi connectivity index (χ2n) is 5.79. The molecule has 0 heterocycles. The highest BCUT2D eigenvalue weighted by molar-refractivity contribution is 5.17. The van der Waals surface area contributed by atoms with E-state index in [1.54, 1.807) is 6.07 Å². The number of nitrogens with zero attached hydrogens (tertiary/aromatic N) is 1. The van der Waals surface area contributed by atoms with E-state index in [4.69, 9.17) is 0 Å². The Morgan fingerprint density at radius 2 is 1.79 bits per heavy atom. The van der Waals surface area contributed by atoms with Crippen LogP contribution in [-0.2, 0) is 6.54 Å². The summed E-state index contributed by atoms with van der Waals surface area (Å²) in [4.78, 5) is 2.21. The lowest BCUT2D eigenvalue weighted by Crippen LogP contribution is -2.40. The van der Waals surface area contributed by atoms with Crippen molar-refractivity contribution in [2.24, 2.45) is 5.92 Å². The van der Waals surface area contributed by atoms with Crippen LogP contribution in [0.2, 0.25) is 0 Å². The minimum Gasteiger partial charge on any atom is -0.314 e. The van der Waals surface area contributed by atoms with Crippen molar-refractivity contribution >= 4 is 0 Å². The molecule has 2 unspecified atom stereocenters. The van der Waals surface area contributed by atoms with Gasteiger partial charge in [-0.05, 0) is 32.5 Å². The number of halogens is 1. The molecule has 0 aliphatic carbocycles. The Bertz CT molecular complexity index is 379. The smallest absolute Gasteiger partial charge is 0.127 e. The van der Waals surface area contributed by atoms with Gasteiger partial charge in [0.1, 0.15) is 5.82 Å². The van der Waals surface area contributed by atoms with Crippen LogP contribution >= 0.6 is 0 Å². The SMILES string of the molecule is CC(C)NCC(C)C(C)N(C)Cc1ccccc1F. The molecule has 108 valence electrons. The molecule has 19 heavy (non-hydrogen) atoms. The van der Waals surface area contributed by atoms with Crippen LogP contribution in [0.3, 0.4) is 0 Å². The Kier molecular flexibility index (Phi) is 6.46. The highest BCUT2D eigenvalue weighted by atomic mass is 19.1. The van der Waals surface area contributed by atoms with Crippen LogP contribution < -0.4 is 5.32 Å². The van der Waals surface area contributed by atoms with Gasteiger partial charge in [-0.2, -0.15) is 0 Å². The van der Waals surface area contributed by atoms with Gasteiger partial charge in [0.15, 0.2) is 0 Å². The summed E-state index contributed by atoms with van der Waals surface area (Å²) in [7, 11) is 2.06. The fourth-order valence-corrected chi connectivity index (χ4v) is 2.07. The summed E-state index contributed by atoms with van der Waals surface area (Å²) in [5.74, 6) is 0.411. The molecule has 0 bridgehead atoms. The third-order valence-electron chi connectivity index (χ3n) is 3.74. The van der Waals surface area contributed by atoms with Gasteiger partial charge in [-0.3, -0.25) is 4.90 Å². The van der Waals surface area contributed by atoms with E-state index in [0.29, 0.717) is 24.5 Å². The maximum absolute atomic E-state index is 13.6. The molecular formula is C16H27FN2. The Morgan fingerprint density at radius 3 is 2.37 bits per heavy atom. The molecule has 0 spiro atoms. The van der Waals surface area contributed by atoms with Gasteiger partial charge >= 0.3 is 0 Å². The minimum atomic E-state index is -0.116. The lowest BCUT2D eigenvalue weighted by atomic mass is 10.0. The van der Waals surface area contributed by atoms with Crippen LogP contribution in [0, 0.1) is 11.7 Å². The van der Waals surface area contributed by atoms with Crippen molar-refractivity contribution in [2.75, 3.05) is 13.6 Å². The van der Waals surface area contributed by atoms with Gasteiger partial charge in [0.05, 0.1) is 0 Å². The second kappa shape index (κ2) is 7.61. The molecule has 3 heteroatoms. The summed E-state index contributed by atoms with van der Waals surface area (Å²) >= 11 is 0. The number of nitrogens with one attached hydrogen (secondary N) is 1. The first-order valence-corrected chi connectivity index (χ1v) is 7.08. The normalized spacial score (nSPS) is 14.9. The van der Waals surface area contributed by atoms with Crippen molar-refractivity contribution in [3.8, 4) is 0 Å². The number of hydrogen-bond donors (Lipinski definition) is 1. The molecule has 0 fully saturated rings. The lowest BCUT2D eigenvalue weighted by Gasteiger charge is -2.30. The highest BCUT2D eigenvalue weighted by Gasteiger charge is 2.18. The molecule has 1 N–H and O–H groups in total. The van der Waals surface area contributed by atoms with Gasteiger partial charge in [0.25, 0.3) is 0 Å². The Hall–Kier alpha value is -0.930. The van der Waals surface area contributed by atoms with Gasteiger partial charge in [-0.15, -0.1) is 0 Å². The van der Waals surface area contributed by atoms with E-state index in [-0.39, 0.29) is 5.82 Å². The largest absolute Gasteiger partial charge is 0.314 e. The standard InChI is InChI=1S/C16H27FN2/c1-12(2)18-10-13(3)14(4)19(5)11-15-8-6-7-9-16(15)17/h6-9,12-14,18H,10-11H2,1-5H3. The zero-order valence-corrected chi connectivity index (χ0v) is 12.8. The molecule has 1 aromatic rings. The molecule has 2 nitrogen and oxygen atoms in total. The molecule has 1 rings (SSSR count). The molecule has 0 aliphatic rings. The van der Waals surface area contributed by atoms with Crippen LogP contribution in [-0.4, -0.2) is 30.6 Å². The van der Waals surface area contributed by atoms with Crippen LogP contribution in [0.4, 0.5) is 4.39 Å². The average molecular weight is 266 g/mol. The minimum absolute atomic E-state index is 0.116. The molecule has 0 aromatic heterocycles. The summed E-state index contributed by atoms with van der Waals surface area (Å²) in [6.45, 7) is 10.4. The van der Waals surface area contributed by atoms with E-state index in [9.17, 15) is 4.39 Å². The molecule has 0 saturated carbocycles. The first kappa shape index (κ1) is 16.1. The number of rotatable bonds is 7.